The lowest BCUT2D eigenvalue weighted by molar-refractivity contribution is 0.0474. The zero-order chi connectivity index (χ0) is 26.5. The highest BCUT2D eigenvalue weighted by Crippen LogP contribution is 2.38. The number of methoxy groups -OCH3 is 3. The number of benzene rings is 3. The number of halogens is 2. The first-order valence-corrected chi connectivity index (χ1v) is 11.7. The van der Waals surface area contributed by atoms with Gasteiger partial charge in [-0.1, -0.05) is 0 Å². The fourth-order valence-corrected chi connectivity index (χ4v) is 4.14. The van der Waals surface area contributed by atoms with Gasteiger partial charge in [-0.3, -0.25) is 9.52 Å². The fraction of sp³-hybridized carbons (Fsp3) is 0.167. The van der Waals surface area contributed by atoms with E-state index in [0.717, 1.165) is 6.07 Å². The van der Waals surface area contributed by atoms with E-state index < -0.39 is 44.9 Å². The van der Waals surface area contributed by atoms with Crippen LogP contribution in [0.15, 0.2) is 59.5 Å². The molecule has 0 saturated carbocycles. The molecule has 0 fully saturated rings. The largest absolute Gasteiger partial charge is 0.493 e. The number of carbonyl (C=O) groups is 2. The predicted molar refractivity (Wildman–Crippen MR) is 124 cm³/mol. The minimum atomic E-state index is -4.20. The highest BCUT2D eigenvalue weighted by atomic mass is 32.2. The molecule has 0 unspecified atom stereocenters. The van der Waals surface area contributed by atoms with Crippen molar-refractivity contribution < 1.29 is 45.7 Å². The van der Waals surface area contributed by atoms with Crippen molar-refractivity contribution in [2.45, 2.75) is 4.90 Å². The van der Waals surface area contributed by atoms with Crippen LogP contribution in [-0.2, 0) is 14.8 Å². The summed E-state index contributed by atoms with van der Waals surface area (Å²) in [5.41, 5.74) is 0.271. The van der Waals surface area contributed by atoms with Gasteiger partial charge >= 0.3 is 5.97 Å². The Morgan fingerprint density at radius 1 is 0.806 bits per heavy atom. The number of carbonyl (C=O) groups excluding carboxylic acids is 2. The maximum Gasteiger partial charge on any atom is 0.338 e. The topological polar surface area (TPSA) is 117 Å². The van der Waals surface area contributed by atoms with Crippen LogP contribution in [-0.4, -0.2) is 48.1 Å². The Bertz CT molecular complexity index is 1370. The number of nitrogens with one attached hydrogen (secondary N) is 1. The van der Waals surface area contributed by atoms with E-state index in [2.05, 4.69) is 4.72 Å². The molecule has 0 spiro atoms. The molecule has 0 heterocycles. The Labute approximate surface area is 205 Å². The number of anilines is 1. The molecule has 0 amide bonds. The van der Waals surface area contributed by atoms with E-state index in [0.29, 0.717) is 17.9 Å². The molecule has 0 aliphatic carbocycles. The SMILES string of the molecule is COc1cc(C(=O)COC(=O)c2ccc(NS(=O)(=O)c3ccc(F)c(F)c3)cc2)cc(OC)c1OC. The summed E-state index contributed by atoms with van der Waals surface area (Å²) in [6, 6.07) is 10.1. The highest BCUT2D eigenvalue weighted by molar-refractivity contribution is 7.92. The smallest absolute Gasteiger partial charge is 0.338 e. The summed E-state index contributed by atoms with van der Waals surface area (Å²) in [7, 11) is 0.00999. The number of esters is 1. The summed E-state index contributed by atoms with van der Waals surface area (Å²) in [5.74, 6) is -3.03. The average molecular weight is 521 g/mol. The van der Waals surface area contributed by atoms with Gasteiger partial charge in [-0.2, -0.15) is 0 Å². The van der Waals surface area contributed by atoms with Gasteiger partial charge in [-0.25, -0.2) is 22.0 Å². The molecule has 190 valence electrons. The van der Waals surface area contributed by atoms with E-state index in [1.165, 1.54) is 57.7 Å². The van der Waals surface area contributed by atoms with Crippen LogP contribution < -0.4 is 18.9 Å². The van der Waals surface area contributed by atoms with E-state index in [1.807, 2.05) is 0 Å². The number of hydrogen-bond acceptors (Lipinski definition) is 8. The maximum atomic E-state index is 13.4. The van der Waals surface area contributed by atoms with Crippen molar-refractivity contribution in [3.8, 4) is 17.2 Å². The molecule has 0 aromatic heterocycles. The molecule has 0 aliphatic heterocycles. The van der Waals surface area contributed by atoms with Crippen LogP contribution in [0.3, 0.4) is 0 Å². The number of Topliss-reactive ketones (excluding diaryl/α,β-unsaturated/α-hetero) is 1. The summed E-state index contributed by atoms with van der Waals surface area (Å²) in [5, 5.41) is 0. The molecule has 3 aromatic rings. The van der Waals surface area contributed by atoms with Crippen LogP contribution in [0, 0.1) is 11.6 Å². The van der Waals surface area contributed by atoms with Crippen LogP contribution in [0.2, 0.25) is 0 Å². The molecular weight excluding hydrogens is 500 g/mol. The quantitative estimate of drug-likeness (QED) is 0.316. The lowest BCUT2D eigenvalue weighted by atomic mass is 10.1. The first kappa shape index (κ1) is 26.4. The number of hydrogen-bond donors (Lipinski definition) is 1. The van der Waals surface area contributed by atoms with Crippen molar-refractivity contribution in [1.29, 1.82) is 0 Å². The zero-order valence-corrected chi connectivity index (χ0v) is 20.1. The average Bonchev–Trinajstić information content (AvgIpc) is 2.87. The van der Waals surface area contributed by atoms with Crippen molar-refractivity contribution in [1.82, 2.24) is 0 Å². The third-order valence-corrected chi connectivity index (χ3v) is 6.27. The van der Waals surface area contributed by atoms with Gasteiger partial charge in [0.15, 0.2) is 29.7 Å². The van der Waals surface area contributed by atoms with Crippen molar-refractivity contribution in [2.75, 3.05) is 32.7 Å². The summed E-state index contributed by atoms with van der Waals surface area (Å²) in [4.78, 5) is 24.4. The molecule has 12 heteroatoms. The monoisotopic (exact) mass is 521 g/mol. The van der Waals surface area contributed by atoms with Crippen LogP contribution in [0.5, 0.6) is 17.2 Å². The lowest BCUT2D eigenvalue weighted by Gasteiger charge is -2.13. The first-order valence-electron chi connectivity index (χ1n) is 10.2. The zero-order valence-electron chi connectivity index (χ0n) is 19.3. The molecule has 36 heavy (non-hydrogen) atoms. The Morgan fingerprint density at radius 3 is 1.94 bits per heavy atom. The Balaban J connectivity index is 1.66. The van der Waals surface area contributed by atoms with Gasteiger partial charge in [0.2, 0.25) is 11.5 Å². The molecule has 0 aliphatic rings. The van der Waals surface area contributed by atoms with E-state index >= 15 is 0 Å². The van der Waals surface area contributed by atoms with Gasteiger partial charge in [-0.15, -0.1) is 0 Å². The van der Waals surface area contributed by atoms with Crippen molar-refractivity contribution in [3.63, 3.8) is 0 Å². The van der Waals surface area contributed by atoms with Gasteiger partial charge < -0.3 is 18.9 Å². The highest BCUT2D eigenvalue weighted by Gasteiger charge is 2.20. The van der Waals surface area contributed by atoms with E-state index in [-0.39, 0.29) is 28.3 Å². The van der Waals surface area contributed by atoms with Crippen LogP contribution in [0.25, 0.3) is 0 Å². The fourth-order valence-electron chi connectivity index (χ4n) is 3.07. The van der Waals surface area contributed by atoms with E-state index in [1.54, 1.807) is 0 Å². The standard InChI is InChI=1S/C24H21F2NO8S/c1-32-21-10-15(11-22(33-2)23(21)34-3)20(28)13-35-24(29)14-4-6-16(7-5-14)27-36(30,31)17-8-9-18(25)19(26)12-17/h4-12,27H,13H2,1-3H3. The second-order valence-electron chi connectivity index (χ2n) is 7.17. The lowest BCUT2D eigenvalue weighted by Crippen LogP contribution is -2.15. The number of ketones is 1. The first-order chi connectivity index (χ1) is 17.1. The molecule has 0 bridgehead atoms. The summed E-state index contributed by atoms with van der Waals surface area (Å²) in [6.07, 6.45) is 0. The molecule has 3 rings (SSSR count). The van der Waals surface area contributed by atoms with Crippen molar-refractivity contribution in [3.05, 3.63) is 77.4 Å². The maximum absolute atomic E-state index is 13.4. The van der Waals surface area contributed by atoms with Gasteiger partial charge in [0.1, 0.15) is 0 Å². The number of rotatable bonds is 10. The minimum absolute atomic E-state index is 0.0449. The number of sulfonamides is 1. The van der Waals surface area contributed by atoms with Gasteiger partial charge in [0.25, 0.3) is 10.0 Å². The second kappa shape index (κ2) is 11.0. The summed E-state index contributed by atoms with van der Waals surface area (Å²) >= 11 is 0. The number of ether oxygens (including phenoxy) is 4. The Morgan fingerprint density at radius 2 is 1.42 bits per heavy atom. The molecule has 3 aromatic carbocycles. The van der Waals surface area contributed by atoms with Crippen molar-refractivity contribution >= 4 is 27.5 Å². The minimum Gasteiger partial charge on any atom is -0.493 e. The van der Waals surface area contributed by atoms with E-state index in [4.69, 9.17) is 18.9 Å². The van der Waals surface area contributed by atoms with Crippen molar-refractivity contribution in [2.24, 2.45) is 0 Å². The molecule has 0 saturated heterocycles. The predicted octanol–water partition coefficient (Wildman–Crippen LogP) is 3.83. The molecule has 9 nitrogen and oxygen atoms in total. The molecule has 0 radical (unpaired) electrons. The van der Waals surface area contributed by atoms with Crippen LogP contribution in [0.1, 0.15) is 20.7 Å². The van der Waals surface area contributed by atoms with Gasteiger partial charge in [0, 0.05) is 11.3 Å². The van der Waals surface area contributed by atoms with Crippen LogP contribution in [0.4, 0.5) is 14.5 Å². The van der Waals surface area contributed by atoms with Crippen LogP contribution >= 0.6 is 0 Å². The second-order valence-corrected chi connectivity index (χ2v) is 8.85. The van der Waals surface area contributed by atoms with E-state index in [9.17, 15) is 26.8 Å². The van der Waals surface area contributed by atoms with Gasteiger partial charge in [-0.05, 0) is 54.6 Å². The molecule has 0 atom stereocenters. The molecule has 1 N–H and O–H groups in total. The Kier molecular flexibility index (Phi) is 8.10. The Hall–Kier alpha value is -4.19. The normalized spacial score (nSPS) is 10.9. The third kappa shape index (κ3) is 5.89. The molecular formula is C24H21F2NO8S. The summed E-state index contributed by atoms with van der Waals surface area (Å²) in [6.45, 7) is -0.581. The summed E-state index contributed by atoms with van der Waals surface area (Å²) < 4.78 is 74.1. The third-order valence-electron chi connectivity index (χ3n) is 4.90. The van der Waals surface area contributed by atoms with Gasteiger partial charge in [0.05, 0.1) is 31.8 Å².